The zero-order chi connectivity index (χ0) is 21.6. The molecule has 1 aromatic carbocycles. The first kappa shape index (κ1) is 19.6. The van der Waals surface area contributed by atoms with Crippen LogP contribution >= 0.6 is 0 Å². The van der Waals surface area contributed by atoms with Crippen LogP contribution in [-0.2, 0) is 14.9 Å². The molecule has 158 valence electrons. The van der Waals surface area contributed by atoms with Crippen molar-refractivity contribution in [2.75, 3.05) is 36.1 Å². The first-order chi connectivity index (χ1) is 14.9. The number of benzene rings is 1. The second kappa shape index (κ2) is 7.39. The van der Waals surface area contributed by atoms with Crippen LogP contribution in [0.3, 0.4) is 0 Å². The predicted molar refractivity (Wildman–Crippen MR) is 117 cm³/mol. The molecule has 0 unspecified atom stereocenters. The summed E-state index contributed by atoms with van der Waals surface area (Å²) >= 11 is 0. The lowest BCUT2D eigenvalue weighted by Crippen LogP contribution is -2.38. The highest BCUT2D eigenvalue weighted by molar-refractivity contribution is 6.12. The molecule has 2 aliphatic rings. The Morgan fingerprint density at radius 2 is 1.74 bits per heavy atom. The number of aryl methyl sites for hydroxylation is 1. The van der Waals surface area contributed by atoms with E-state index < -0.39 is 5.41 Å². The van der Waals surface area contributed by atoms with E-state index in [1.54, 1.807) is 29.6 Å². The summed E-state index contributed by atoms with van der Waals surface area (Å²) in [4.78, 5) is 35.0. The molecule has 1 fully saturated rings. The maximum absolute atomic E-state index is 13.5. The van der Waals surface area contributed by atoms with Crippen LogP contribution in [0.2, 0.25) is 0 Å². The molecular weight excluding hydrogens is 392 g/mol. The number of hydrogen-bond acceptors (Lipinski definition) is 7. The second-order valence-electron chi connectivity index (χ2n) is 8.33. The van der Waals surface area contributed by atoms with Crippen LogP contribution < -0.4 is 9.80 Å². The van der Waals surface area contributed by atoms with Crippen molar-refractivity contribution >= 4 is 23.4 Å². The molecule has 0 bridgehead atoms. The molecule has 5 rings (SSSR count). The number of nitrogens with zero attached hydrogens (tertiary/aromatic N) is 6. The number of carbonyl (C=O) groups excluding carboxylic acids is 1. The summed E-state index contributed by atoms with van der Waals surface area (Å²) in [6.45, 7) is 8.52. The Bertz CT molecular complexity index is 1140. The largest absolute Gasteiger partial charge is 0.378 e. The highest BCUT2D eigenvalue weighted by Gasteiger charge is 2.45. The van der Waals surface area contributed by atoms with Crippen molar-refractivity contribution in [2.45, 2.75) is 26.2 Å². The monoisotopic (exact) mass is 416 g/mol. The van der Waals surface area contributed by atoms with E-state index in [2.05, 4.69) is 19.9 Å². The lowest BCUT2D eigenvalue weighted by molar-refractivity contribution is -0.121. The molecular formula is C23H24N6O2. The molecule has 0 spiro atoms. The van der Waals surface area contributed by atoms with Gasteiger partial charge in [0.1, 0.15) is 11.6 Å². The Morgan fingerprint density at radius 3 is 2.48 bits per heavy atom. The molecule has 0 N–H and O–H groups in total. The van der Waals surface area contributed by atoms with Crippen molar-refractivity contribution in [1.29, 1.82) is 0 Å². The van der Waals surface area contributed by atoms with E-state index in [1.807, 2.05) is 39.0 Å². The Hall–Kier alpha value is -3.39. The number of rotatable bonds is 3. The number of aromatic nitrogens is 4. The average Bonchev–Trinajstić information content (AvgIpc) is 3.00. The number of carbonyl (C=O) groups is 1. The van der Waals surface area contributed by atoms with E-state index in [4.69, 9.17) is 9.72 Å². The fourth-order valence-corrected chi connectivity index (χ4v) is 4.08. The minimum Gasteiger partial charge on any atom is -0.378 e. The third kappa shape index (κ3) is 3.33. The molecule has 0 aliphatic carbocycles. The topological polar surface area (TPSA) is 84.3 Å². The van der Waals surface area contributed by atoms with Crippen molar-refractivity contribution in [1.82, 2.24) is 19.9 Å². The minimum atomic E-state index is -0.651. The first-order valence-electron chi connectivity index (χ1n) is 10.4. The minimum absolute atomic E-state index is 0.00793. The van der Waals surface area contributed by atoms with Gasteiger partial charge in [0, 0.05) is 43.3 Å². The third-order valence-corrected chi connectivity index (χ3v) is 5.92. The number of ether oxygens (including phenoxy) is 1. The van der Waals surface area contributed by atoms with Gasteiger partial charge in [-0.25, -0.2) is 15.0 Å². The standard InChI is InChI=1S/C23H24N6O2/c1-15-25-13-17(14-26-15)16-4-5-18-19(12-16)29(21(30)23(18,2)3)20-6-7-24-22(27-20)28-8-10-31-11-9-28/h4-7,12-14H,8-11H2,1-3H3. The predicted octanol–water partition coefficient (Wildman–Crippen LogP) is 3.03. The van der Waals surface area contributed by atoms with E-state index in [-0.39, 0.29) is 5.91 Å². The van der Waals surface area contributed by atoms with Gasteiger partial charge in [-0.1, -0.05) is 12.1 Å². The van der Waals surface area contributed by atoms with Crippen LogP contribution in [-0.4, -0.2) is 52.1 Å². The summed E-state index contributed by atoms with van der Waals surface area (Å²) in [6.07, 6.45) is 5.32. The van der Waals surface area contributed by atoms with Crippen molar-refractivity contribution in [3.8, 4) is 11.1 Å². The number of anilines is 3. The SMILES string of the molecule is Cc1ncc(-c2ccc3c(c2)N(c2ccnc(N4CCOCC4)n2)C(=O)C3(C)C)cn1. The number of amides is 1. The molecule has 8 nitrogen and oxygen atoms in total. The molecule has 0 atom stereocenters. The van der Waals surface area contributed by atoms with Crippen molar-refractivity contribution in [3.05, 3.63) is 54.2 Å². The fourth-order valence-electron chi connectivity index (χ4n) is 4.08. The fraction of sp³-hybridized carbons (Fsp3) is 0.348. The first-order valence-corrected chi connectivity index (χ1v) is 10.4. The van der Waals surface area contributed by atoms with Crippen molar-refractivity contribution in [2.24, 2.45) is 0 Å². The summed E-state index contributed by atoms with van der Waals surface area (Å²) in [5.41, 5.74) is 3.02. The van der Waals surface area contributed by atoms with E-state index in [9.17, 15) is 4.79 Å². The lowest BCUT2D eigenvalue weighted by Gasteiger charge is -2.27. The summed E-state index contributed by atoms with van der Waals surface area (Å²) in [7, 11) is 0. The molecule has 1 saturated heterocycles. The zero-order valence-electron chi connectivity index (χ0n) is 17.9. The van der Waals surface area contributed by atoms with Gasteiger partial charge in [-0.3, -0.25) is 9.69 Å². The highest BCUT2D eigenvalue weighted by atomic mass is 16.5. The van der Waals surface area contributed by atoms with Crippen molar-refractivity contribution in [3.63, 3.8) is 0 Å². The van der Waals surface area contributed by atoms with Gasteiger partial charge < -0.3 is 9.64 Å². The van der Waals surface area contributed by atoms with Crippen LogP contribution in [0.4, 0.5) is 17.5 Å². The van der Waals surface area contributed by atoms with Gasteiger partial charge in [0.25, 0.3) is 0 Å². The zero-order valence-corrected chi connectivity index (χ0v) is 17.9. The van der Waals surface area contributed by atoms with Crippen LogP contribution in [0.5, 0.6) is 0 Å². The smallest absolute Gasteiger partial charge is 0.242 e. The van der Waals surface area contributed by atoms with Gasteiger partial charge in [0.2, 0.25) is 11.9 Å². The highest BCUT2D eigenvalue weighted by Crippen LogP contribution is 2.46. The summed E-state index contributed by atoms with van der Waals surface area (Å²) in [5.74, 6) is 1.90. The average molecular weight is 416 g/mol. The molecule has 2 aliphatic heterocycles. The summed E-state index contributed by atoms with van der Waals surface area (Å²) < 4.78 is 5.43. The van der Waals surface area contributed by atoms with Crippen molar-refractivity contribution < 1.29 is 9.53 Å². The molecule has 8 heteroatoms. The van der Waals surface area contributed by atoms with E-state index in [0.717, 1.165) is 41.3 Å². The Morgan fingerprint density at radius 1 is 1.00 bits per heavy atom. The van der Waals surface area contributed by atoms with Gasteiger partial charge in [-0.2, -0.15) is 4.98 Å². The lowest BCUT2D eigenvalue weighted by atomic mass is 9.85. The maximum Gasteiger partial charge on any atom is 0.242 e. The quantitative estimate of drug-likeness (QED) is 0.649. The van der Waals surface area contributed by atoms with Gasteiger partial charge in [0.05, 0.1) is 24.3 Å². The van der Waals surface area contributed by atoms with Crippen LogP contribution in [0.25, 0.3) is 11.1 Å². The molecule has 2 aromatic heterocycles. The Kier molecular flexibility index (Phi) is 4.66. The molecule has 3 aromatic rings. The van der Waals surface area contributed by atoms with Crippen LogP contribution in [0.15, 0.2) is 42.9 Å². The van der Waals surface area contributed by atoms with Gasteiger partial charge >= 0.3 is 0 Å². The second-order valence-corrected chi connectivity index (χ2v) is 8.33. The number of hydrogen-bond donors (Lipinski definition) is 0. The van der Waals surface area contributed by atoms with E-state index in [0.29, 0.717) is 25.0 Å². The maximum atomic E-state index is 13.5. The Balaban J connectivity index is 1.58. The molecule has 4 heterocycles. The van der Waals surface area contributed by atoms with E-state index in [1.165, 1.54) is 0 Å². The van der Waals surface area contributed by atoms with Crippen LogP contribution in [0, 0.1) is 6.92 Å². The Labute approximate surface area is 180 Å². The van der Waals surface area contributed by atoms with Gasteiger partial charge in [-0.05, 0) is 38.0 Å². The summed E-state index contributed by atoms with van der Waals surface area (Å²) in [6, 6.07) is 7.85. The number of fused-ring (bicyclic) bond motifs is 1. The summed E-state index contributed by atoms with van der Waals surface area (Å²) in [5, 5.41) is 0. The molecule has 31 heavy (non-hydrogen) atoms. The van der Waals surface area contributed by atoms with Gasteiger partial charge in [-0.15, -0.1) is 0 Å². The molecule has 0 saturated carbocycles. The van der Waals surface area contributed by atoms with Crippen LogP contribution in [0.1, 0.15) is 25.2 Å². The third-order valence-electron chi connectivity index (χ3n) is 5.92. The van der Waals surface area contributed by atoms with E-state index >= 15 is 0 Å². The normalized spacial score (nSPS) is 17.7. The van der Waals surface area contributed by atoms with Gasteiger partial charge in [0.15, 0.2) is 0 Å². The molecule has 1 amide bonds. The number of morpholine rings is 1. The molecule has 0 radical (unpaired) electrons.